The number of fused-ring (bicyclic) bond motifs is 1. The van der Waals surface area contributed by atoms with E-state index in [9.17, 15) is 17.6 Å². The predicted molar refractivity (Wildman–Crippen MR) is 173 cm³/mol. The molecule has 11 nitrogen and oxygen atoms in total. The van der Waals surface area contributed by atoms with E-state index in [1.807, 2.05) is 24.0 Å². The van der Waals surface area contributed by atoms with Gasteiger partial charge in [-0.05, 0) is 54.5 Å². The zero-order valence-electron chi connectivity index (χ0n) is 25.7. The average molecular weight is 626 g/mol. The van der Waals surface area contributed by atoms with Crippen LogP contribution in [0.1, 0.15) is 38.7 Å². The minimum absolute atomic E-state index is 0.00450. The van der Waals surface area contributed by atoms with Gasteiger partial charge in [0.2, 0.25) is 11.9 Å². The van der Waals surface area contributed by atoms with E-state index in [0.717, 1.165) is 22.0 Å². The van der Waals surface area contributed by atoms with Crippen molar-refractivity contribution in [1.82, 2.24) is 15.0 Å². The summed E-state index contributed by atoms with van der Waals surface area (Å²) in [4.78, 5) is 30.1. The average Bonchev–Trinajstić information content (AvgIpc) is 2.97. The van der Waals surface area contributed by atoms with E-state index in [4.69, 9.17) is 9.72 Å². The van der Waals surface area contributed by atoms with Crippen molar-refractivity contribution in [2.24, 2.45) is 5.92 Å². The lowest BCUT2D eigenvalue weighted by atomic mass is 9.88. The first kappa shape index (κ1) is 31.6. The molecule has 236 valence electrons. The summed E-state index contributed by atoms with van der Waals surface area (Å²) in [5.41, 5.74) is 2.46. The highest BCUT2D eigenvalue weighted by atomic mass is 32.2. The zero-order chi connectivity index (χ0) is 31.8. The maximum absolute atomic E-state index is 14.5. The largest absolute Gasteiger partial charge is 0.378 e. The van der Waals surface area contributed by atoms with Gasteiger partial charge < -0.3 is 25.2 Å². The van der Waals surface area contributed by atoms with E-state index in [2.05, 4.69) is 45.9 Å². The molecule has 4 atom stereocenters. The van der Waals surface area contributed by atoms with Gasteiger partial charge in [-0.3, -0.25) is 4.79 Å². The van der Waals surface area contributed by atoms with Crippen LogP contribution >= 0.6 is 0 Å². The first-order chi connectivity index (χ1) is 20.9. The van der Waals surface area contributed by atoms with E-state index in [0.29, 0.717) is 42.8 Å². The number of hydrogen-bond acceptors (Lipinski definition) is 10. The van der Waals surface area contributed by atoms with Gasteiger partial charge in [0.15, 0.2) is 0 Å². The molecule has 2 aromatic heterocycles. The number of sulfone groups is 1. The van der Waals surface area contributed by atoms with Gasteiger partial charge in [-0.15, -0.1) is 0 Å². The van der Waals surface area contributed by atoms with Gasteiger partial charge in [-0.1, -0.05) is 20.4 Å². The molecule has 0 bridgehead atoms. The molecular weight excluding hydrogens is 585 g/mol. The molecule has 2 fully saturated rings. The Morgan fingerprint density at radius 2 is 2.00 bits per heavy atom. The number of methoxy groups -OCH3 is 1. The number of ether oxygens (including phenoxy) is 1. The Kier molecular flexibility index (Phi) is 9.07. The molecule has 2 aliphatic rings. The van der Waals surface area contributed by atoms with Crippen LogP contribution in [0.4, 0.5) is 33.3 Å². The number of rotatable bonds is 10. The fraction of sp³-hybridized carbons (Fsp3) is 0.484. The maximum Gasteiger partial charge on any atom is 0.247 e. The number of hydrogen-bond donors (Lipinski definition) is 2. The molecule has 0 spiro atoms. The number of nitrogens with one attached hydrogen (secondary N) is 2. The number of nitrogens with zero attached hydrogens (tertiary/aromatic N) is 5. The molecule has 2 aliphatic heterocycles. The predicted octanol–water partition coefficient (Wildman–Crippen LogP) is 4.45. The van der Waals surface area contributed by atoms with Crippen molar-refractivity contribution in [3.05, 3.63) is 48.8 Å². The minimum Gasteiger partial charge on any atom is -0.378 e. The summed E-state index contributed by atoms with van der Waals surface area (Å²) in [6.45, 7) is 11.0. The van der Waals surface area contributed by atoms with Gasteiger partial charge in [0.1, 0.15) is 27.6 Å². The van der Waals surface area contributed by atoms with Crippen LogP contribution in [0.2, 0.25) is 0 Å². The van der Waals surface area contributed by atoms with E-state index >= 15 is 0 Å². The van der Waals surface area contributed by atoms with E-state index in [-0.39, 0.29) is 36.1 Å². The fourth-order valence-corrected chi connectivity index (χ4v) is 7.32. The third-order valence-electron chi connectivity index (χ3n) is 8.46. The molecule has 0 radical (unpaired) electrons. The molecule has 4 heterocycles. The summed E-state index contributed by atoms with van der Waals surface area (Å²) in [6.07, 6.45) is 4.89. The van der Waals surface area contributed by atoms with Crippen LogP contribution in [-0.2, 0) is 19.4 Å². The molecule has 0 unspecified atom stereocenters. The molecule has 1 aromatic carbocycles. The van der Waals surface area contributed by atoms with Gasteiger partial charge in [0.05, 0.1) is 18.4 Å². The van der Waals surface area contributed by atoms with Crippen LogP contribution in [0.5, 0.6) is 0 Å². The van der Waals surface area contributed by atoms with Crippen molar-refractivity contribution in [3.8, 4) is 0 Å². The second-order valence-electron chi connectivity index (χ2n) is 12.0. The number of aromatic nitrogens is 3. The molecule has 3 aromatic rings. The molecule has 2 N–H and O–H groups in total. The Bertz CT molecular complexity index is 1670. The summed E-state index contributed by atoms with van der Waals surface area (Å²) in [5.74, 6) is 1.31. The first-order valence-corrected chi connectivity index (χ1v) is 16.8. The lowest BCUT2D eigenvalue weighted by Gasteiger charge is -2.48. The Labute approximate surface area is 257 Å². The molecule has 0 aliphatic carbocycles. The topological polar surface area (TPSA) is 130 Å². The summed E-state index contributed by atoms with van der Waals surface area (Å²) >= 11 is 0. The highest BCUT2D eigenvalue weighted by Gasteiger charge is 2.39. The molecule has 1 amide bonds. The molecular formula is C31H40FN7O4S. The molecule has 2 saturated heterocycles. The number of piperidine rings is 1. The summed E-state index contributed by atoms with van der Waals surface area (Å²) in [7, 11) is -1.59. The normalized spacial score (nSPS) is 22.2. The summed E-state index contributed by atoms with van der Waals surface area (Å²) in [5, 5.41) is 8.03. The fourth-order valence-electron chi connectivity index (χ4n) is 6.15. The van der Waals surface area contributed by atoms with Crippen LogP contribution in [0, 0.1) is 5.92 Å². The van der Waals surface area contributed by atoms with Crippen LogP contribution in [0.3, 0.4) is 0 Å². The number of amides is 1. The summed E-state index contributed by atoms with van der Waals surface area (Å²) < 4.78 is 43.7. The monoisotopic (exact) mass is 625 g/mol. The SMILES string of the molecule is C=CC(=O)Nc1cc(N2C[C@H](CS(C)(=O)=O)[C@H]2C)c2cnc(Nc3ccnc(N4CC[C@H](OC)[C@H](F)C4)n3)cc2c1C(C)C. The van der Waals surface area contributed by atoms with Crippen molar-refractivity contribution in [1.29, 1.82) is 0 Å². The highest BCUT2D eigenvalue weighted by Crippen LogP contribution is 2.43. The number of carbonyl (C=O) groups is 1. The number of pyridine rings is 1. The molecule has 13 heteroatoms. The smallest absolute Gasteiger partial charge is 0.247 e. The highest BCUT2D eigenvalue weighted by molar-refractivity contribution is 7.90. The minimum atomic E-state index is -3.12. The Morgan fingerprint density at radius 3 is 2.64 bits per heavy atom. The van der Waals surface area contributed by atoms with E-state index < -0.39 is 22.1 Å². The van der Waals surface area contributed by atoms with Gasteiger partial charge >= 0.3 is 0 Å². The number of carbonyl (C=O) groups excluding carboxylic acids is 1. The van der Waals surface area contributed by atoms with Crippen molar-refractivity contribution < 1.29 is 22.3 Å². The number of halogens is 1. The molecule has 44 heavy (non-hydrogen) atoms. The Morgan fingerprint density at radius 1 is 1.23 bits per heavy atom. The Balaban J connectivity index is 1.51. The van der Waals surface area contributed by atoms with E-state index in [1.165, 1.54) is 19.4 Å². The molecule has 0 saturated carbocycles. The van der Waals surface area contributed by atoms with Gasteiger partial charge in [-0.2, -0.15) is 4.98 Å². The van der Waals surface area contributed by atoms with Gasteiger partial charge in [-0.25, -0.2) is 22.8 Å². The quantitative estimate of drug-likeness (QED) is 0.312. The zero-order valence-corrected chi connectivity index (χ0v) is 26.6. The summed E-state index contributed by atoms with van der Waals surface area (Å²) in [6, 6.07) is 5.59. The second kappa shape index (κ2) is 12.6. The standard InChI is InChI=1S/C31H40FN7O4S/c1-7-29(40)35-24-13-25(39-15-20(19(39)4)17-44(6,41)42)22-14-34-28(12-21(22)30(24)18(2)3)36-27-8-10-33-31(37-27)38-11-9-26(43-5)23(32)16-38/h7-8,10,12-14,18-20,23,26H,1,9,11,15-17H2,2-6H3,(H,35,40)(H,33,34,36,37)/t19-,20-,23-,26+/m1/s1. The molecule has 5 rings (SSSR count). The number of anilines is 5. The van der Waals surface area contributed by atoms with Crippen molar-refractivity contribution in [3.63, 3.8) is 0 Å². The van der Waals surface area contributed by atoms with Gasteiger partial charge in [0.25, 0.3) is 0 Å². The lowest BCUT2D eigenvalue weighted by molar-refractivity contribution is -0.111. The van der Waals surface area contributed by atoms with Crippen molar-refractivity contribution in [2.75, 3.05) is 59.2 Å². The van der Waals surface area contributed by atoms with Crippen LogP contribution in [0.15, 0.2) is 43.2 Å². The van der Waals surface area contributed by atoms with Crippen LogP contribution < -0.4 is 20.4 Å². The van der Waals surface area contributed by atoms with Gasteiger partial charge in [0, 0.05) is 67.6 Å². The number of benzene rings is 1. The third-order valence-corrected chi connectivity index (χ3v) is 9.49. The van der Waals surface area contributed by atoms with E-state index in [1.54, 1.807) is 18.5 Å². The van der Waals surface area contributed by atoms with Crippen LogP contribution in [-0.4, -0.2) is 86.3 Å². The first-order valence-electron chi connectivity index (χ1n) is 14.7. The van der Waals surface area contributed by atoms with Crippen LogP contribution in [0.25, 0.3) is 10.8 Å². The lowest BCUT2D eigenvalue weighted by Crippen LogP contribution is -2.57. The van der Waals surface area contributed by atoms with Crippen molar-refractivity contribution in [2.45, 2.75) is 51.4 Å². The maximum atomic E-state index is 14.5. The second-order valence-corrected chi connectivity index (χ2v) is 14.1. The number of alkyl halides is 1. The Hall–Kier alpha value is -3.84. The third kappa shape index (κ3) is 6.63. The van der Waals surface area contributed by atoms with Crippen molar-refractivity contribution >= 4 is 55.5 Å².